The van der Waals surface area contributed by atoms with Gasteiger partial charge in [-0.25, -0.2) is 0 Å². The fraction of sp³-hybridized carbons (Fsp3) is 0.406. The fourth-order valence-electron chi connectivity index (χ4n) is 5.24. The van der Waals surface area contributed by atoms with Crippen molar-refractivity contribution in [3.63, 3.8) is 0 Å². The molecule has 0 atom stereocenters. The number of benzene rings is 2. The van der Waals surface area contributed by atoms with Crippen molar-refractivity contribution in [1.82, 2.24) is 0 Å². The van der Waals surface area contributed by atoms with E-state index < -0.39 is 5.97 Å². The van der Waals surface area contributed by atoms with Gasteiger partial charge in [-0.15, -0.1) is 0 Å². The van der Waals surface area contributed by atoms with Gasteiger partial charge in [-0.3, -0.25) is 4.79 Å². The van der Waals surface area contributed by atoms with Crippen LogP contribution in [0.4, 0.5) is 11.4 Å². The van der Waals surface area contributed by atoms with Gasteiger partial charge in [0, 0.05) is 57.9 Å². The molecule has 6 heteroatoms. The third-order valence-electron chi connectivity index (χ3n) is 7.11. The van der Waals surface area contributed by atoms with Gasteiger partial charge in [0.1, 0.15) is 13.1 Å². The topological polar surface area (TPSA) is 97.1 Å². The van der Waals surface area contributed by atoms with Crippen molar-refractivity contribution in [3.8, 4) is 0 Å². The maximum atomic E-state index is 9.00. The Morgan fingerprint density at radius 2 is 0.974 bits per heavy atom. The molecule has 202 valence electrons. The van der Waals surface area contributed by atoms with Gasteiger partial charge in [-0.1, -0.05) is 49.9 Å². The molecular formula is C32H44N4O2+2. The highest BCUT2D eigenvalue weighted by Crippen LogP contribution is 2.20. The summed E-state index contributed by atoms with van der Waals surface area (Å²) in [5.74, 6) is -0.833. The van der Waals surface area contributed by atoms with Gasteiger partial charge >= 0.3 is 0 Å². The minimum atomic E-state index is -0.833. The predicted octanol–water partition coefficient (Wildman–Crippen LogP) is 6.26. The monoisotopic (exact) mass is 516 g/mol. The second-order valence-electron chi connectivity index (χ2n) is 10.2. The van der Waals surface area contributed by atoms with E-state index in [0.717, 1.165) is 42.2 Å². The first kappa shape index (κ1) is 28.9. The number of hydrogen-bond acceptors (Lipinski definition) is 3. The Balaban J connectivity index is 0.000000934. The maximum Gasteiger partial charge on any atom is 0.300 e. The van der Waals surface area contributed by atoms with E-state index in [9.17, 15) is 0 Å². The van der Waals surface area contributed by atoms with Crippen LogP contribution in [0.25, 0.3) is 21.8 Å². The van der Waals surface area contributed by atoms with Gasteiger partial charge in [0.05, 0.1) is 22.1 Å². The summed E-state index contributed by atoms with van der Waals surface area (Å²) in [7, 11) is 0. The van der Waals surface area contributed by atoms with Gasteiger partial charge in [-0.2, -0.15) is 9.13 Å². The van der Waals surface area contributed by atoms with Gasteiger partial charge < -0.3 is 16.6 Å². The molecule has 0 aliphatic rings. The van der Waals surface area contributed by atoms with Crippen molar-refractivity contribution in [3.05, 3.63) is 72.1 Å². The number of carboxylic acid groups (broad SMARTS) is 1. The molecule has 2 aromatic carbocycles. The third kappa shape index (κ3) is 7.91. The number of aryl methyl sites for hydroxylation is 4. The Morgan fingerprint density at radius 1 is 0.658 bits per heavy atom. The summed E-state index contributed by atoms with van der Waals surface area (Å²) in [6.07, 6.45) is 10.3. The van der Waals surface area contributed by atoms with Crippen molar-refractivity contribution in [1.29, 1.82) is 0 Å². The zero-order chi connectivity index (χ0) is 27.5. The summed E-state index contributed by atoms with van der Waals surface area (Å²) in [5.41, 5.74) is 19.2. The van der Waals surface area contributed by atoms with Crippen molar-refractivity contribution < 1.29 is 19.0 Å². The summed E-state index contributed by atoms with van der Waals surface area (Å²) >= 11 is 0. The van der Waals surface area contributed by atoms with Crippen LogP contribution in [0.15, 0.2) is 60.7 Å². The van der Waals surface area contributed by atoms with Crippen LogP contribution in [0.5, 0.6) is 0 Å². The van der Waals surface area contributed by atoms with E-state index in [1.807, 2.05) is 0 Å². The number of nitrogens with zero attached hydrogens (tertiary/aromatic N) is 2. The third-order valence-corrected chi connectivity index (χ3v) is 7.11. The maximum absolute atomic E-state index is 9.00. The van der Waals surface area contributed by atoms with E-state index in [1.54, 1.807) is 0 Å². The zero-order valence-corrected chi connectivity index (χ0v) is 23.2. The SMILES string of the molecule is CC(=O)O.Cc1cc(N)c2ccccc2[n+]1CCCCCCCCCC[n+]1c(C)cc(N)c2ccccc21. The van der Waals surface area contributed by atoms with Crippen LogP contribution in [0.3, 0.4) is 0 Å². The van der Waals surface area contributed by atoms with Crippen molar-refractivity contribution in [2.75, 3.05) is 11.5 Å². The lowest BCUT2D eigenvalue weighted by Gasteiger charge is -2.08. The Labute approximate surface area is 226 Å². The summed E-state index contributed by atoms with van der Waals surface area (Å²) in [6.45, 7) is 7.54. The lowest BCUT2D eigenvalue weighted by molar-refractivity contribution is -0.678. The number of para-hydroxylation sites is 2. The molecule has 0 amide bonds. The molecular weight excluding hydrogens is 472 g/mol. The molecule has 0 fully saturated rings. The summed E-state index contributed by atoms with van der Waals surface area (Å²) in [4.78, 5) is 9.00. The molecule has 0 saturated carbocycles. The van der Waals surface area contributed by atoms with Crippen LogP contribution in [-0.4, -0.2) is 11.1 Å². The number of unbranched alkanes of at least 4 members (excludes halogenated alkanes) is 7. The van der Waals surface area contributed by atoms with Crippen LogP contribution < -0.4 is 20.6 Å². The average Bonchev–Trinajstić information content (AvgIpc) is 2.88. The highest BCUT2D eigenvalue weighted by atomic mass is 16.4. The lowest BCUT2D eigenvalue weighted by Crippen LogP contribution is -2.38. The standard InChI is InChI=1S/C30H38N4.C2H4O2/c1-23-21-27(31)25-15-9-11-17-29(25)33(23)19-13-7-5-3-4-6-8-14-20-34-24(2)22-28(32)26-16-10-12-18-30(26)34;1-2(3)4/h9-12,15-18,21-22,31-32H,3-8,13-14,19-20H2,1-2H3;1H3,(H,3,4)/p+2. The molecule has 38 heavy (non-hydrogen) atoms. The highest BCUT2D eigenvalue weighted by Gasteiger charge is 2.15. The van der Waals surface area contributed by atoms with Crippen LogP contribution in [0.1, 0.15) is 69.7 Å². The normalized spacial score (nSPS) is 10.9. The number of rotatable bonds is 11. The molecule has 5 N–H and O–H groups in total. The number of carboxylic acids is 1. The van der Waals surface area contributed by atoms with Gasteiger partial charge in [-0.05, 0) is 25.0 Å². The molecule has 0 radical (unpaired) electrons. The zero-order valence-electron chi connectivity index (χ0n) is 23.2. The van der Waals surface area contributed by atoms with E-state index >= 15 is 0 Å². The first-order valence-electron chi connectivity index (χ1n) is 13.8. The quantitative estimate of drug-likeness (QED) is 0.162. The number of hydrogen-bond donors (Lipinski definition) is 3. The number of nitrogens with two attached hydrogens (primary N) is 2. The molecule has 0 spiro atoms. The van der Waals surface area contributed by atoms with Gasteiger partial charge in [0.15, 0.2) is 11.4 Å². The Morgan fingerprint density at radius 3 is 1.34 bits per heavy atom. The number of carbonyl (C=O) groups is 1. The number of pyridine rings is 2. The van der Waals surface area contributed by atoms with E-state index in [4.69, 9.17) is 21.4 Å². The molecule has 0 bridgehead atoms. The summed E-state index contributed by atoms with van der Waals surface area (Å²) in [5, 5.41) is 9.74. The molecule has 2 heterocycles. The molecule has 6 nitrogen and oxygen atoms in total. The average molecular weight is 517 g/mol. The van der Waals surface area contributed by atoms with Crippen LogP contribution in [0, 0.1) is 13.8 Å². The minimum absolute atomic E-state index is 0.833. The first-order chi connectivity index (χ1) is 18.3. The largest absolute Gasteiger partial charge is 0.481 e. The van der Waals surface area contributed by atoms with Gasteiger partial charge in [0.2, 0.25) is 11.0 Å². The van der Waals surface area contributed by atoms with Crippen LogP contribution in [0.2, 0.25) is 0 Å². The molecule has 4 rings (SSSR count). The van der Waals surface area contributed by atoms with E-state index in [0.29, 0.717) is 0 Å². The van der Waals surface area contributed by atoms with Crippen LogP contribution >= 0.6 is 0 Å². The molecule has 0 aliphatic heterocycles. The first-order valence-corrected chi connectivity index (χ1v) is 13.8. The second kappa shape index (κ2) is 14.3. The summed E-state index contributed by atoms with van der Waals surface area (Å²) < 4.78 is 4.85. The number of aromatic nitrogens is 2. The number of fused-ring (bicyclic) bond motifs is 2. The molecule has 0 unspecified atom stereocenters. The number of nitrogen functional groups attached to an aromatic ring is 2. The molecule has 2 aromatic heterocycles. The lowest BCUT2D eigenvalue weighted by atomic mass is 10.1. The van der Waals surface area contributed by atoms with Gasteiger partial charge in [0.25, 0.3) is 5.97 Å². The smallest absolute Gasteiger partial charge is 0.300 e. The highest BCUT2D eigenvalue weighted by molar-refractivity contribution is 5.88. The molecule has 0 saturated heterocycles. The Hall–Kier alpha value is -3.67. The molecule has 4 aromatic rings. The predicted molar refractivity (Wildman–Crippen MR) is 157 cm³/mol. The van der Waals surface area contributed by atoms with Crippen molar-refractivity contribution in [2.24, 2.45) is 0 Å². The van der Waals surface area contributed by atoms with Crippen molar-refractivity contribution in [2.45, 2.75) is 85.2 Å². The van der Waals surface area contributed by atoms with Crippen molar-refractivity contribution >= 4 is 39.1 Å². The minimum Gasteiger partial charge on any atom is -0.481 e. The summed E-state index contributed by atoms with van der Waals surface area (Å²) in [6, 6.07) is 21.2. The van der Waals surface area contributed by atoms with E-state index in [1.165, 1.54) is 73.8 Å². The Bertz CT molecular complexity index is 1260. The number of aliphatic carboxylic acids is 1. The molecule has 0 aliphatic carbocycles. The van der Waals surface area contributed by atoms with E-state index in [-0.39, 0.29) is 0 Å². The Kier molecular flexibility index (Phi) is 10.9. The fourth-order valence-corrected chi connectivity index (χ4v) is 5.24. The van der Waals surface area contributed by atoms with Crippen LogP contribution in [-0.2, 0) is 17.9 Å². The van der Waals surface area contributed by atoms with E-state index in [2.05, 4.69) is 83.6 Å². The number of anilines is 2. The second-order valence-corrected chi connectivity index (χ2v) is 10.2.